The van der Waals surface area contributed by atoms with Crippen LogP contribution < -0.4 is 0 Å². The van der Waals surface area contributed by atoms with E-state index < -0.39 is 0 Å². The molecule has 1 aromatic heterocycles. The molecule has 0 unspecified atom stereocenters. The van der Waals surface area contributed by atoms with Gasteiger partial charge in [0.25, 0.3) is 0 Å². The molecule has 3 heteroatoms. The van der Waals surface area contributed by atoms with Crippen molar-refractivity contribution in [1.82, 2.24) is 9.78 Å². The molecule has 0 saturated heterocycles. The highest BCUT2D eigenvalue weighted by Gasteiger charge is 2.15. The van der Waals surface area contributed by atoms with Crippen LogP contribution in [0.2, 0.25) is 0 Å². The fourth-order valence-corrected chi connectivity index (χ4v) is 2.49. The van der Waals surface area contributed by atoms with Gasteiger partial charge in [-0.05, 0) is 40.8 Å². The zero-order valence-corrected chi connectivity index (χ0v) is 12.6. The maximum Gasteiger partial charge on any atom is 0.123 e. The number of hydrogen-bond acceptors (Lipinski definition) is 1. The highest BCUT2D eigenvalue weighted by Crippen LogP contribution is 2.26. The summed E-state index contributed by atoms with van der Waals surface area (Å²) < 4.78 is 15.2. The molecule has 0 spiro atoms. The molecule has 0 N–H and O–H groups in total. The predicted molar refractivity (Wildman–Crippen MR) is 83.9 cm³/mol. The maximum atomic E-state index is 13.3. The van der Waals surface area contributed by atoms with Gasteiger partial charge in [0, 0.05) is 5.39 Å². The van der Waals surface area contributed by atoms with E-state index in [0.717, 1.165) is 16.5 Å². The maximum absolute atomic E-state index is 13.3. The topological polar surface area (TPSA) is 17.8 Å². The van der Waals surface area contributed by atoms with E-state index in [0.29, 0.717) is 6.54 Å². The summed E-state index contributed by atoms with van der Waals surface area (Å²) in [6, 6.07) is 13.1. The lowest BCUT2D eigenvalue weighted by Crippen LogP contribution is -2.10. The Balaban J connectivity index is 1.97. The Bertz CT molecular complexity index is 781. The number of benzene rings is 2. The Morgan fingerprint density at radius 3 is 2.62 bits per heavy atom. The van der Waals surface area contributed by atoms with Crippen molar-refractivity contribution < 1.29 is 4.39 Å². The van der Waals surface area contributed by atoms with Crippen molar-refractivity contribution in [2.45, 2.75) is 32.7 Å². The van der Waals surface area contributed by atoms with E-state index in [1.807, 2.05) is 16.9 Å². The van der Waals surface area contributed by atoms with Crippen LogP contribution in [0.3, 0.4) is 0 Å². The number of aromatic nitrogens is 2. The minimum atomic E-state index is -0.209. The SMILES string of the molecule is CC(C)(C)c1ccc2c(cnn2Cc2cccc(F)c2)c1. The zero-order valence-electron chi connectivity index (χ0n) is 12.6. The Kier molecular flexibility index (Phi) is 3.28. The van der Waals surface area contributed by atoms with E-state index >= 15 is 0 Å². The third-order valence-corrected chi connectivity index (χ3v) is 3.73. The highest BCUT2D eigenvalue weighted by atomic mass is 19.1. The molecule has 0 bridgehead atoms. The van der Waals surface area contributed by atoms with Gasteiger partial charge in [0.15, 0.2) is 0 Å². The van der Waals surface area contributed by atoms with Crippen molar-refractivity contribution in [3.63, 3.8) is 0 Å². The molecule has 2 nitrogen and oxygen atoms in total. The number of rotatable bonds is 2. The van der Waals surface area contributed by atoms with Crippen LogP contribution in [-0.2, 0) is 12.0 Å². The molecule has 0 fully saturated rings. The van der Waals surface area contributed by atoms with Gasteiger partial charge in [0.2, 0.25) is 0 Å². The molecule has 0 aliphatic carbocycles. The molecule has 108 valence electrons. The fraction of sp³-hybridized carbons (Fsp3) is 0.278. The van der Waals surface area contributed by atoms with Crippen molar-refractivity contribution in [2.75, 3.05) is 0 Å². The first-order valence-corrected chi connectivity index (χ1v) is 7.14. The molecule has 0 saturated carbocycles. The first-order chi connectivity index (χ1) is 9.93. The number of nitrogens with zero attached hydrogens (tertiary/aromatic N) is 2. The van der Waals surface area contributed by atoms with E-state index in [-0.39, 0.29) is 11.2 Å². The summed E-state index contributed by atoms with van der Waals surface area (Å²) in [5, 5.41) is 5.56. The Labute approximate surface area is 124 Å². The molecule has 2 aromatic carbocycles. The van der Waals surface area contributed by atoms with Crippen molar-refractivity contribution >= 4 is 10.9 Å². The molecule has 3 rings (SSSR count). The second-order valence-electron chi connectivity index (χ2n) is 6.46. The fourth-order valence-electron chi connectivity index (χ4n) is 2.49. The van der Waals surface area contributed by atoms with Gasteiger partial charge in [-0.25, -0.2) is 4.39 Å². The Hall–Kier alpha value is -2.16. The summed E-state index contributed by atoms with van der Waals surface area (Å²) >= 11 is 0. The summed E-state index contributed by atoms with van der Waals surface area (Å²) in [5.74, 6) is -0.209. The van der Waals surface area contributed by atoms with Crippen molar-refractivity contribution in [3.05, 3.63) is 65.6 Å². The van der Waals surface area contributed by atoms with Crippen molar-refractivity contribution in [2.24, 2.45) is 0 Å². The molecule has 3 aromatic rings. The lowest BCUT2D eigenvalue weighted by atomic mass is 9.86. The largest absolute Gasteiger partial charge is 0.260 e. The van der Waals surface area contributed by atoms with Crippen LogP contribution in [-0.4, -0.2) is 9.78 Å². The molecular weight excluding hydrogens is 263 g/mol. The third-order valence-electron chi connectivity index (χ3n) is 3.73. The predicted octanol–water partition coefficient (Wildman–Crippen LogP) is 4.52. The average molecular weight is 282 g/mol. The Morgan fingerprint density at radius 1 is 1.10 bits per heavy atom. The summed E-state index contributed by atoms with van der Waals surface area (Å²) in [7, 11) is 0. The monoisotopic (exact) mass is 282 g/mol. The first-order valence-electron chi connectivity index (χ1n) is 7.14. The molecule has 0 amide bonds. The summed E-state index contributed by atoms with van der Waals surface area (Å²) in [5.41, 5.74) is 3.41. The van der Waals surface area contributed by atoms with Crippen LogP contribution in [0.5, 0.6) is 0 Å². The Morgan fingerprint density at radius 2 is 1.90 bits per heavy atom. The van der Waals surface area contributed by atoms with E-state index in [2.05, 4.69) is 44.1 Å². The van der Waals surface area contributed by atoms with Crippen molar-refractivity contribution in [1.29, 1.82) is 0 Å². The highest BCUT2D eigenvalue weighted by molar-refractivity contribution is 5.79. The second kappa shape index (κ2) is 4.99. The molecule has 0 aliphatic heterocycles. The van der Waals surface area contributed by atoms with Gasteiger partial charge in [-0.1, -0.05) is 39.0 Å². The van der Waals surface area contributed by atoms with E-state index in [1.54, 1.807) is 12.1 Å². The van der Waals surface area contributed by atoms with Gasteiger partial charge in [-0.3, -0.25) is 4.68 Å². The van der Waals surface area contributed by atoms with E-state index in [9.17, 15) is 4.39 Å². The number of hydrogen-bond donors (Lipinski definition) is 0. The van der Waals surface area contributed by atoms with Gasteiger partial charge in [-0.2, -0.15) is 5.10 Å². The van der Waals surface area contributed by atoms with Crippen LogP contribution >= 0.6 is 0 Å². The number of halogens is 1. The first kappa shape index (κ1) is 13.8. The molecular formula is C18H19FN2. The van der Waals surface area contributed by atoms with Crippen LogP contribution in [0.4, 0.5) is 4.39 Å². The van der Waals surface area contributed by atoms with Crippen LogP contribution in [0.15, 0.2) is 48.7 Å². The van der Waals surface area contributed by atoms with Crippen molar-refractivity contribution in [3.8, 4) is 0 Å². The smallest absolute Gasteiger partial charge is 0.123 e. The minimum Gasteiger partial charge on any atom is -0.260 e. The van der Waals surface area contributed by atoms with E-state index in [1.165, 1.54) is 11.6 Å². The van der Waals surface area contributed by atoms with Gasteiger partial charge >= 0.3 is 0 Å². The molecule has 0 radical (unpaired) electrons. The molecule has 0 atom stereocenters. The van der Waals surface area contributed by atoms with Gasteiger partial charge in [0.05, 0.1) is 18.3 Å². The van der Waals surface area contributed by atoms with Gasteiger partial charge in [0.1, 0.15) is 5.82 Å². The average Bonchev–Trinajstić information content (AvgIpc) is 2.80. The summed E-state index contributed by atoms with van der Waals surface area (Å²) in [4.78, 5) is 0. The van der Waals surface area contributed by atoms with Gasteiger partial charge < -0.3 is 0 Å². The summed E-state index contributed by atoms with van der Waals surface area (Å²) in [6.45, 7) is 7.18. The molecule has 1 heterocycles. The van der Waals surface area contributed by atoms with Gasteiger partial charge in [-0.15, -0.1) is 0 Å². The standard InChI is InChI=1S/C18H19FN2/c1-18(2,3)15-7-8-17-14(10-15)11-20-21(17)12-13-5-4-6-16(19)9-13/h4-11H,12H2,1-3H3. The summed E-state index contributed by atoms with van der Waals surface area (Å²) in [6.07, 6.45) is 1.88. The van der Waals surface area contributed by atoms with Crippen LogP contribution in [0.1, 0.15) is 31.9 Å². The van der Waals surface area contributed by atoms with Crippen LogP contribution in [0, 0.1) is 5.82 Å². The lowest BCUT2D eigenvalue weighted by Gasteiger charge is -2.18. The quantitative estimate of drug-likeness (QED) is 0.675. The zero-order chi connectivity index (χ0) is 15.0. The molecule has 21 heavy (non-hydrogen) atoms. The van der Waals surface area contributed by atoms with E-state index in [4.69, 9.17) is 0 Å². The van der Waals surface area contributed by atoms with Crippen LogP contribution in [0.25, 0.3) is 10.9 Å². The minimum absolute atomic E-state index is 0.124. The number of fused-ring (bicyclic) bond motifs is 1. The lowest BCUT2D eigenvalue weighted by molar-refractivity contribution is 0.591. The third kappa shape index (κ3) is 2.82. The molecule has 0 aliphatic rings. The normalized spacial score (nSPS) is 12.0. The second-order valence-corrected chi connectivity index (χ2v) is 6.46.